The van der Waals surface area contributed by atoms with Crippen molar-refractivity contribution in [3.05, 3.63) is 35.8 Å². The number of carboxylic acid groups (broad SMARTS) is 1. The number of likely N-dealkylation sites (tertiary alicyclic amines) is 1. The summed E-state index contributed by atoms with van der Waals surface area (Å²) in [5.74, 6) is 5.27. The van der Waals surface area contributed by atoms with Crippen LogP contribution in [0, 0.1) is 16.6 Å². The number of rotatable bonds is 3. The second-order valence-corrected chi connectivity index (χ2v) is 8.13. The van der Waals surface area contributed by atoms with E-state index in [1.807, 2.05) is 20.8 Å². The van der Waals surface area contributed by atoms with Crippen LogP contribution in [0.3, 0.4) is 0 Å². The van der Waals surface area contributed by atoms with E-state index in [4.69, 9.17) is 11.3 Å². The SMILES string of the molecule is CC(C)(C)C1CC(Nc2nc(C(=N)NN)cc3ccc(F)cc23)CN1C(=O)O. The third kappa shape index (κ3) is 3.84. The van der Waals surface area contributed by atoms with E-state index in [-0.39, 0.29) is 23.3 Å². The van der Waals surface area contributed by atoms with Gasteiger partial charge in [0, 0.05) is 24.0 Å². The Labute approximate surface area is 162 Å². The summed E-state index contributed by atoms with van der Waals surface area (Å²) in [6, 6.07) is 5.64. The smallest absolute Gasteiger partial charge is 0.407 e. The second-order valence-electron chi connectivity index (χ2n) is 8.13. The van der Waals surface area contributed by atoms with Crippen molar-refractivity contribution in [1.29, 1.82) is 5.41 Å². The van der Waals surface area contributed by atoms with Crippen molar-refractivity contribution in [3.63, 3.8) is 0 Å². The number of fused-ring (bicyclic) bond motifs is 1. The minimum absolute atomic E-state index is 0.0690. The summed E-state index contributed by atoms with van der Waals surface area (Å²) in [6.45, 7) is 6.32. The number of hydrazine groups is 1. The predicted octanol–water partition coefficient (Wildman–Crippen LogP) is 2.74. The van der Waals surface area contributed by atoms with Gasteiger partial charge in [-0.15, -0.1) is 0 Å². The van der Waals surface area contributed by atoms with Crippen molar-refractivity contribution in [2.75, 3.05) is 11.9 Å². The molecule has 2 aromatic rings. The molecule has 2 heterocycles. The van der Waals surface area contributed by atoms with Gasteiger partial charge in [0.05, 0.1) is 0 Å². The maximum absolute atomic E-state index is 13.8. The molecular formula is C19H25FN6O2. The molecule has 2 unspecified atom stereocenters. The van der Waals surface area contributed by atoms with Crippen molar-refractivity contribution in [2.24, 2.45) is 11.3 Å². The molecule has 1 aromatic carbocycles. The van der Waals surface area contributed by atoms with Gasteiger partial charge in [-0.1, -0.05) is 26.8 Å². The number of nitrogens with two attached hydrogens (primary N) is 1. The van der Waals surface area contributed by atoms with E-state index in [0.29, 0.717) is 35.2 Å². The van der Waals surface area contributed by atoms with Crippen molar-refractivity contribution in [2.45, 2.75) is 39.3 Å². The molecule has 1 aliphatic rings. The molecule has 1 saturated heterocycles. The zero-order chi connectivity index (χ0) is 20.6. The van der Waals surface area contributed by atoms with Gasteiger partial charge in [-0.3, -0.25) is 5.41 Å². The Balaban J connectivity index is 1.98. The number of pyridine rings is 1. The van der Waals surface area contributed by atoms with Crippen LogP contribution in [-0.4, -0.2) is 45.5 Å². The molecule has 1 fully saturated rings. The van der Waals surface area contributed by atoms with Crippen LogP contribution < -0.4 is 16.6 Å². The van der Waals surface area contributed by atoms with Gasteiger partial charge in [0.2, 0.25) is 0 Å². The van der Waals surface area contributed by atoms with Gasteiger partial charge in [0.25, 0.3) is 0 Å². The van der Waals surface area contributed by atoms with Crippen LogP contribution in [0.1, 0.15) is 32.9 Å². The Bertz CT molecular complexity index is 927. The van der Waals surface area contributed by atoms with Gasteiger partial charge in [0.15, 0.2) is 5.84 Å². The minimum atomic E-state index is -0.962. The summed E-state index contributed by atoms with van der Waals surface area (Å²) in [5, 5.41) is 22.0. The van der Waals surface area contributed by atoms with Crippen molar-refractivity contribution in [3.8, 4) is 0 Å². The molecule has 28 heavy (non-hydrogen) atoms. The first-order chi connectivity index (χ1) is 13.1. The first-order valence-electron chi connectivity index (χ1n) is 9.02. The van der Waals surface area contributed by atoms with E-state index in [0.717, 1.165) is 0 Å². The number of nitrogens with one attached hydrogen (secondary N) is 3. The Morgan fingerprint density at radius 3 is 2.68 bits per heavy atom. The fourth-order valence-corrected chi connectivity index (χ4v) is 3.70. The van der Waals surface area contributed by atoms with Gasteiger partial charge in [-0.25, -0.2) is 20.0 Å². The lowest BCUT2D eigenvalue weighted by atomic mass is 9.85. The molecular weight excluding hydrogens is 363 g/mol. The molecule has 1 amide bonds. The van der Waals surface area contributed by atoms with Crippen LogP contribution in [0.2, 0.25) is 0 Å². The Morgan fingerprint density at radius 1 is 1.39 bits per heavy atom. The van der Waals surface area contributed by atoms with Crippen LogP contribution in [0.5, 0.6) is 0 Å². The summed E-state index contributed by atoms with van der Waals surface area (Å²) < 4.78 is 13.8. The lowest BCUT2D eigenvalue weighted by Crippen LogP contribution is -2.42. The predicted molar refractivity (Wildman–Crippen MR) is 106 cm³/mol. The molecule has 8 nitrogen and oxygen atoms in total. The van der Waals surface area contributed by atoms with Crippen LogP contribution in [0.4, 0.5) is 15.0 Å². The van der Waals surface area contributed by atoms with E-state index >= 15 is 0 Å². The van der Waals surface area contributed by atoms with Crippen LogP contribution in [0.15, 0.2) is 24.3 Å². The quantitative estimate of drug-likeness (QED) is 0.238. The second kappa shape index (κ2) is 7.23. The molecule has 150 valence electrons. The highest BCUT2D eigenvalue weighted by molar-refractivity contribution is 6.01. The highest BCUT2D eigenvalue weighted by Gasteiger charge is 2.41. The van der Waals surface area contributed by atoms with Gasteiger partial charge in [0.1, 0.15) is 17.3 Å². The average Bonchev–Trinajstić information content (AvgIpc) is 3.06. The number of anilines is 1. The Hall–Kier alpha value is -2.94. The summed E-state index contributed by atoms with van der Waals surface area (Å²) in [7, 11) is 0. The summed E-state index contributed by atoms with van der Waals surface area (Å²) >= 11 is 0. The third-order valence-corrected chi connectivity index (χ3v) is 5.08. The number of aromatic nitrogens is 1. The first-order valence-corrected chi connectivity index (χ1v) is 9.02. The van der Waals surface area contributed by atoms with Crippen molar-refractivity contribution >= 4 is 28.5 Å². The maximum Gasteiger partial charge on any atom is 0.407 e. The number of nitrogens with zero attached hydrogens (tertiary/aromatic N) is 2. The number of carbonyl (C=O) groups is 1. The molecule has 1 aromatic heterocycles. The topological polar surface area (TPSA) is 127 Å². The third-order valence-electron chi connectivity index (χ3n) is 5.08. The zero-order valence-electron chi connectivity index (χ0n) is 16.1. The Kier molecular flexibility index (Phi) is 5.12. The largest absolute Gasteiger partial charge is 0.465 e. The Morgan fingerprint density at radius 2 is 2.11 bits per heavy atom. The van der Waals surface area contributed by atoms with Gasteiger partial charge >= 0.3 is 6.09 Å². The lowest BCUT2D eigenvalue weighted by molar-refractivity contribution is 0.106. The summed E-state index contributed by atoms with van der Waals surface area (Å²) in [4.78, 5) is 17.5. The van der Waals surface area contributed by atoms with Crippen molar-refractivity contribution in [1.82, 2.24) is 15.3 Å². The molecule has 0 bridgehead atoms. The number of benzene rings is 1. The number of amidine groups is 1. The van der Waals surface area contributed by atoms with Gasteiger partial charge < -0.3 is 20.7 Å². The molecule has 0 radical (unpaired) electrons. The average molecular weight is 388 g/mol. The molecule has 0 aliphatic carbocycles. The fourth-order valence-electron chi connectivity index (χ4n) is 3.70. The fraction of sp³-hybridized carbons (Fsp3) is 0.421. The standard InChI is InChI=1S/C19H25FN6O2/c1-19(2,3)15-8-12(9-26(15)18(27)28)23-17-13-7-11(20)5-4-10(13)6-14(24-17)16(21)25-22/h4-7,12,15H,8-9,22H2,1-3H3,(H2,21,25)(H,23,24)(H,27,28). The number of hydrogen-bond acceptors (Lipinski definition) is 5. The minimum Gasteiger partial charge on any atom is -0.465 e. The molecule has 6 N–H and O–H groups in total. The van der Waals surface area contributed by atoms with E-state index in [1.54, 1.807) is 12.1 Å². The van der Waals surface area contributed by atoms with E-state index in [2.05, 4.69) is 15.7 Å². The summed E-state index contributed by atoms with van der Waals surface area (Å²) in [5.41, 5.74) is 2.35. The van der Waals surface area contributed by atoms with Gasteiger partial charge in [-0.2, -0.15) is 0 Å². The van der Waals surface area contributed by atoms with E-state index in [9.17, 15) is 14.3 Å². The molecule has 0 saturated carbocycles. The van der Waals surface area contributed by atoms with Crippen LogP contribution in [0.25, 0.3) is 10.8 Å². The lowest BCUT2D eigenvalue weighted by Gasteiger charge is -2.32. The van der Waals surface area contributed by atoms with Crippen LogP contribution in [-0.2, 0) is 0 Å². The number of amides is 1. The highest BCUT2D eigenvalue weighted by atomic mass is 19.1. The molecule has 3 rings (SSSR count). The number of hydrogen-bond donors (Lipinski definition) is 5. The first kappa shape index (κ1) is 19.8. The molecule has 1 aliphatic heterocycles. The molecule has 9 heteroatoms. The number of halogens is 1. The molecule has 0 spiro atoms. The maximum atomic E-state index is 13.8. The van der Waals surface area contributed by atoms with E-state index < -0.39 is 11.9 Å². The van der Waals surface area contributed by atoms with E-state index in [1.165, 1.54) is 17.0 Å². The molecule has 2 atom stereocenters. The normalized spacial score (nSPS) is 19.7. The monoisotopic (exact) mass is 388 g/mol. The van der Waals surface area contributed by atoms with Crippen LogP contribution >= 0.6 is 0 Å². The highest BCUT2D eigenvalue weighted by Crippen LogP contribution is 2.35. The van der Waals surface area contributed by atoms with Crippen molar-refractivity contribution < 1.29 is 14.3 Å². The zero-order valence-corrected chi connectivity index (χ0v) is 16.1. The van der Waals surface area contributed by atoms with Gasteiger partial charge in [-0.05, 0) is 35.4 Å². The summed E-state index contributed by atoms with van der Waals surface area (Å²) in [6.07, 6.45) is -0.360.